The summed E-state index contributed by atoms with van der Waals surface area (Å²) in [5.74, 6) is -1.77. The fourth-order valence-electron chi connectivity index (χ4n) is 2.24. The molecule has 1 saturated heterocycles. The molecule has 5 atom stereocenters. The predicted octanol–water partition coefficient (Wildman–Crippen LogP) is -0.332. The molecule has 0 bridgehead atoms. The Kier molecular flexibility index (Phi) is 7.83. The van der Waals surface area contributed by atoms with Gasteiger partial charge in [0.1, 0.15) is 12.7 Å². The maximum Gasteiger partial charge on any atom is 0.303 e. The molecule has 0 spiro atoms. The van der Waals surface area contributed by atoms with E-state index in [0.717, 1.165) is 0 Å². The molecule has 0 saturated carbocycles. The first kappa shape index (κ1) is 20.1. The molecule has 136 valence electrons. The molecular weight excluding hydrogens is 322 g/mol. The van der Waals surface area contributed by atoms with E-state index in [1.807, 2.05) is 0 Å². The van der Waals surface area contributed by atoms with Crippen LogP contribution >= 0.6 is 0 Å². The first-order valence-corrected chi connectivity index (χ1v) is 7.37. The van der Waals surface area contributed by atoms with Crippen molar-refractivity contribution in [3.63, 3.8) is 0 Å². The van der Waals surface area contributed by atoms with Crippen LogP contribution < -0.4 is 5.73 Å². The molecule has 24 heavy (non-hydrogen) atoms. The summed E-state index contributed by atoms with van der Waals surface area (Å²) in [6, 6.07) is -0.910. The molecule has 0 amide bonds. The second-order valence-electron chi connectivity index (χ2n) is 5.19. The van der Waals surface area contributed by atoms with Crippen molar-refractivity contribution in [3.8, 4) is 0 Å². The Morgan fingerprint density at radius 1 is 1.08 bits per heavy atom. The summed E-state index contributed by atoms with van der Waals surface area (Å²) in [6.45, 7) is 7.07. The van der Waals surface area contributed by atoms with Crippen LogP contribution in [0.2, 0.25) is 0 Å². The van der Waals surface area contributed by atoms with Gasteiger partial charge < -0.3 is 29.4 Å². The maximum absolute atomic E-state index is 11.4. The van der Waals surface area contributed by atoms with Gasteiger partial charge in [-0.3, -0.25) is 14.4 Å². The van der Waals surface area contributed by atoms with Crippen molar-refractivity contribution in [1.29, 1.82) is 0 Å². The van der Waals surface area contributed by atoms with Gasteiger partial charge in [0.2, 0.25) is 0 Å². The second kappa shape index (κ2) is 9.36. The van der Waals surface area contributed by atoms with E-state index in [4.69, 9.17) is 29.4 Å². The molecular formula is C15H23NO8. The van der Waals surface area contributed by atoms with Crippen LogP contribution in [0.4, 0.5) is 0 Å². The summed E-state index contributed by atoms with van der Waals surface area (Å²) in [4.78, 5) is 33.8. The van der Waals surface area contributed by atoms with E-state index >= 15 is 0 Å². The second-order valence-corrected chi connectivity index (χ2v) is 5.19. The topological polar surface area (TPSA) is 123 Å². The van der Waals surface area contributed by atoms with Crippen molar-refractivity contribution in [2.75, 3.05) is 13.2 Å². The minimum Gasteiger partial charge on any atom is -0.463 e. The molecule has 2 N–H and O–H groups in total. The predicted molar refractivity (Wildman–Crippen MR) is 80.5 cm³/mol. The van der Waals surface area contributed by atoms with Crippen molar-refractivity contribution in [1.82, 2.24) is 0 Å². The molecule has 9 heteroatoms. The fourth-order valence-corrected chi connectivity index (χ4v) is 2.24. The molecule has 0 radical (unpaired) electrons. The van der Waals surface area contributed by atoms with Crippen LogP contribution in [0.15, 0.2) is 12.7 Å². The number of ether oxygens (including phenoxy) is 5. The minimum absolute atomic E-state index is 0.143. The van der Waals surface area contributed by atoms with Crippen molar-refractivity contribution in [2.45, 2.75) is 51.4 Å². The molecule has 0 aromatic heterocycles. The van der Waals surface area contributed by atoms with Gasteiger partial charge in [-0.15, -0.1) is 6.58 Å². The number of rotatable bonds is 7. The molecule has 1 aliphatic rings. The third-order valence-electron chi connectivity index (χ3n) is 3.13. The first-order chi connectivity index (χ1) is 11.3. The van der Waals surface area contributed by atoms with Gasteiger partial charge in [-0.1, -0.05) is 6.08 Å². The van der Waals surface area contributed by atoms with Gasteiger partial charge in [0, 0.05) is 20.8 Å². The fraction of sp³-hybridized carbons (Fsp3) is 0.667. The quantitative estimate of drug-likeness (QED) is 0.375. The number of carbonyl (C=O) groups excluding carboxylic acids is 3. The molecule has 1 heterocycles. The van der Waals surface area contributed by atoms with Gasteiger partial charge in [0.15, 0.2) is 18.5 Å². The molecule has 1 rings (SSSR count). The van der Waals surface area contributed by atoms with Gasteiger partial charge >= 0.3 is 17.9 Å². The largest absolute Gasteiger partial charge is 0.463 e. The van der Waals surface area contributed by atoms with Gasteiger partial charge in [0.05, 0.1) is 12.6 Å². The molecule has 0 unspecified atom stereocenters. The highest BCUT2D eigenvalue weighted by Crippen LogP contribution is 2.26. The molecule has 0 aromatic carbocycles. The Hall–Kier alpha value is -1.97. The van der Waals surface area contributed by atoms with Crippen molar-refractivity contribution in [3.05, 3.63) is 12.7 Å². The van der Waals surface area contributed by atoms with Gasteiger partial charge in [0.25, 0.3) is 0 Å². The standard InChI is InChI=1S/C15H23NO8/c1-5-6-20-15-12(16)14(23-10(4)19)13(22-9(3)18)11(24-15)7-21-8(2)17/h5,11-15H,1,6-7,16H2,2-4H3/t11-,12-,13-,14-,15-/m1/s1. The monoisotopic (exact) mass is 345 g/mol. The normalized spacial score (nSPS) is 29.4. The molecule has 1 fully saturated rings. The average molecular weight is 345 g/mol. The third kappa shape index (κ3) is 5.91. The van der Waals surface area contributed by atoms with E-state index in [1.54, 1.807) is 0 Å². The highest BCUT2D eigenvalue weighted by molar-refractivity contribution is 5.67. The van der Waals surface area contributed by atoms with E-state index in [-0.39, 0.29) is 13.2 Å². The molecule has 1 aliphatic heterocycles. The lowest BCUT2D eigenvalue weighted by Gasteiger charge is -2.43. The van der Waals surface area contributed by atoms with Crippen molar-refractivity contribution < 1.29 is 38.1 Å². The Labute approximate surface area is 140 Å². The van der Waals surface area contributed by atoms with Crippen LogP contribution in [0.1, 0.15) is 20.8 Å². The molecule has 0 aromatic rings. The van der Waals surface area contributed by atoms with Crippen LogP contribution in [-0.4, -0.2) is 61.8 Å². The van der Waals surface area contributed by atoms with Crippen LogP contribution in [-0.2, 0) is 38.1 Å². The molecule has 9 nitrogen and oxygen atoms in total. The number of nitrogens with two attached hydrogens (primary N) is 1. The van der Waals surface area contributed by atoms with Crippen molar-refractivity contribution in [2.24, 2.45) is 5.73 Å². The number of esters is 3. The average Bonchev–Trinajstić information content (AvgIpc) is 2.48. The summed E-state index contributed by atoms with van der Waals surface area (Å²) >= 11 is 0. The van der Waals surface area contributed by atoms with Crippen LogP contribution in [0, 0.1) is 0 Å². The van der Waals surface area contributed by atoms with Crippen LogP contribution in [0.5, 0.6) is 0 Å². The maximum atomic E-state index is 11.4. The number of carbonyl (C=O) groups is 3. The molecule has 0 aliphatic carbocycles. The lowest BCUT2D eigenvalue weighted by Crippen LogP contribution is -2.64. The zero-order valence-corrected chi connectivity index (χ0v) is 13.9. The van der Waals surface area contributed by atoms with E-state index in [1.165, 1.54) is 26.8 Å². The Bertz CT molecular complexity index is 480. The summed E-state index contributed by atoms with van der Waals surface area (Å²) in [5.41, 5.74) is 6.04. The minimum atomic E-state index is -1.04. The Morgan fingerprint density at radius 2 is 1.67 bits per heavy atom. The summed E-state index contributed by atoms with van der Waals surface area (Å²) in [5, 5.41) is 0. The van der Waals surface area contributed by atoms with E-state index in [2.05, 4.69) is 6.58 Å². The summed E-state index contributed by atoms with van der Waals surface area (Å²) in [6.07, 6.45) is -2.42. The van der Waals surface area contributed by atoms with Crippen LogP contribution in [0.25, 0.3) is 0 Å². The zero-order valence-electron chi connectivity index (χ0n) is 13.9. The lowest BCUT2D eigenvalue weighted by molar-refractivity contribution is -0.271. The zero-order chi connectivity index (χ0) is 18.3. The van der Waals surface area contributed by atoms with E-state index in [9.17, 15) is 14.4 Å². The SMILES string of the molecule is C=CCO[C@@H]1O[C@H](COC(C)=O)[C@@H](OC(C)=O)[C@H](OC(C)=O)[C@H]1N. The highest BCUT2D eigenvalue weighted by Gasteiger charge is 2.49. The smallest absolute Gasteiger partial charge is 0.303 e. The van der Waals surface area contributed by atoms with Gasteiger partial charge in [-0.25, -0.2) is 0 Å². The van der Waals surface area contributed by atoms with Crippen molar-refractivity contribution >= 4 is 17.9 Å². The number of hydrogen-bond donors (Lipinski definition) is 1. The van der Waals surface area contributed by atoms with Crippen LogP contribution in [0.3, 0.4) is 0 Å². The highest BCUT2D eigenvalue weighted by atomic mass is 16.7. The van der Waals surface area contributed by atoms with Gasteiger partial charge in [-0.2, -0.15) is 0 Å². The summed E-state index contributed by atoms with van der Waals surface area (Å²) < 4.78 is 26.3. The summed E-state index contributed by atoms with van der Waals surface area (Å²) in [7, 11) is 0. The Balaban J connectivity index is 3.03. The lowest BCUT2D eigenvalue weighted by atomic mass is 9.97. The third-order valence-corrected chi connectivity index (χ3v) is 3.13. The van der Waals surface area contributed by atoms with E-state index in [0.29, 0.717) is 0 Å². The Morgan fingerprint density at radius 3 is 2.17 bits per heavy atom. The first-order valence-electron chi connectivity index (χ1n) is 7.37. The van der Waals surface area contributed by atoms with Gasteiger partial charge in [-0.05, 0) is 0 Å². The van der Waals surface area contributed by atoms with E-state index < -0.39 is 48.6 Å². The number of hydrogen-bond acceptors (Lipinski definition) is 9.